The van der Waals surface area contributed by atoms with Gasteiger partial charge in [0.1, 0.15) is 5.75 Å². The second kappa shape index (κ2) is 10.5. The van der Waals surface area contributed by atoms with Gasteiger partial charge in [-0.15, -0.1) is 0 Å². The van der Waals surface area contributed by atoms with E-state index in [2.05, 4.69) is 13.0 Å². The standard InChI is InChI=1S/C21H32O/c1-2-3-5-10-19-14-16-20(17-15-19)11-8-9-18-22-21-12-6-4-7-13-21/h4,6-7,12-13,16,19H,2-3,5,8-11,14-15,17-18H2,1H3. The van der Waals surface area contributed by atoms with Crippen LogP contribution in [0, 0.1) is 5.92 Å². The lowest BCUT2D eigenvalue weighted by molar-refractivity contribution is 0.306. The van der Waals surface area contributed by atoms with E-state index >= 15 is 0 Å². The molecule has 122 valence electrons. The lowest BCUT2D eigenvalue weighted by atomic mass is 9.84. The molecule has 0 fully saturated rings. The molecule has 1 heteroatoms. The molecule has 1 unspecified atom stereocenters. The van der Waals surface area contributed by atoms with E-state index in [1.807, 2.05) is 30.3 Å². The van der Waals surface area contributed by atoms with Crippen LogP contribution in [0.5, 0.6) is 5.75 Å². The van der Waals surface area contributed by atoms with Crippen molar-refractivity contribution in [2.24, 2.45) is 5.92 Å². The van der Waals surface area contributed by atoms with Gasteiger partial charge in [-0.2, -0.15) is 0 Å². The fraction of sp³-hybridized carbons (Fsp3) is 0.619. The number of allylic oxidation sites excluding steroid dienone is 2. The number of benzene rings is 1. The predicted octanol–water partition coefficient (Wildman–Crippen LogP) is 6.54. The third kappa shape index (κ3) is 6.68. The first-order valence-corrected chi connectivity index (χ1v) is 9.24. The first-order chi connectivity index (χ1) is 10.9. The average Bonchev–Trinajstić information content (AvgIpc) is 2.57. The average molecular weight is 300 g/mol. The van der Waals surface area contributed by atoms with Gasteiger partial charge in [-0.25, -0.2) is 0 Å². The second-order valence-electron chi connectivity index (χ2n) is 6.62. The van der Waals surface area contributed by atoms with Crippen LogP contribution in [-0.2, 0) is 0 Å². The first-order valence-electron chi connectivity index (χ1n) is 9.24. The molecule has 1 aromatic carbocycles. The van der Waals surface area contributed by atoms with Gasteiger partial charge in [-0.05, 0) is 56.6 Å². The summed E-state index contributed by atoms with van der Waals surface area (Å²) >= 11 is 0. The monoisotopic (exact) mass is 300 g/mol. The van der Waals surface area contributed by atoms with Crippen molar-refractivity contribution in [1.82, 2.24) is 0 Å². The Morgan fingerprint density at radius 1 is 1.05 bits per heavy atom. The molecule has 0 amide bonds. The number of hydrogen-bond acceptors (Lipinski definition) is 1. The highest BCUT2D eigenvalue weighted by atomic mass is 16.5. The summed E-state index contributed by atoms with van der Waals surface area (Å²) < 4.78 is 5.75. The number of unbranched alkanes of at least 4 members (excludes halogenated alkanes) is 3. The SMILES string of the molecule is CCCCCC1CC=C(CCCCOc2ccccc2)CC1. The molecule has 1 aliphatic rings. The molecule has 1 atom stereocenters. The molecular formula is C21H32O. The largest absolute Gasteiger partial charge is 0.494 e. The molecule has 0 heterocycles. The van der Waals surface area contributed by atoms with Crippen LogP contribution >= 0.6 is 0 Å². The topological polar surface area (TPSA) is 9.23 Å². The summed E-state index contributed by atoms with van der Waals surface area (Å²) in [5.41, 5.74) is 1.70. The molecule has 0 radical (unpaired) electrons. The van der Waals surface area contributed by atoms with Crippen molar-refractivity contribution in [2.45, 2.75) is 71.1 Å². The molecule has 0 saturated heterocycles. The van der Waals surface area contributed by atoms with Crippen LogP contribution in [0.3, 0.4) is 0 Å². The van der Waals surface area contributed by atoms with Crippen molar-refractivity contribution in [1.29, 1.82) is 0 Å². The van der Waals surface area contributed by atoms with E-state index in [9.17, 15) is 0 Å². The van der Waals surface area contributed by atoms with E-state index in [0.717, 1.165) is 24.7 Å². The van der Waals surface area contributed by atoms with E-state index in [1.165, 1.54) is 57.8 Å². The molecule has 0 N–H and O–H groups in total. The van der Waals surface area contributed by atoms with Gasteiger partial charge < -0.3 is 4.74 Å². The number of hydrogen-bond donors (Lipinski definition) is 0. The lowest BCUT2D eigenvalue weighted by Gasteiger charge is -2.22. The molecule has 0 aliphatic heterocycles. The third-order valence-corrected chi connectivity index (χ3v) is 4.73. The van der Waals surface area contributed by atoms with E-state index < -0.39 is 0 Å². The number of rotatable bonds is 10. The van der Waals surface area contributed by atoms with Gasteiger partial charge in [-0.3, -0.25) is 0 Å². The molecule has 0 aromatic heterocycles. The van der Waals surface area contributed by atoms with Crippen LogP contribution in [0.1, 0.15) is 71.1 Å². The zero-order valence-electron chi connectivity index (χ0n) is 14.2. The van der Waals surface area contributed by atoms with Crippen molar-refractivity contribution in [3.05, 3.63) is 42.0 Å². The van der Waals surface area contributed by atoms with Crippen molar-refractivity contribution < 1.29 is 4.74 Å². The third-order valence-electron chi connectivity index (χ3n) is 4.73. The Balaban J connectivity index is 1.52. The normalized spacial score (nSPS) is 18.0. The lowest BCUT2D eigenvalue weighted by Crippen LogP contribution is -2.06. The minimum absolute atomic E-state index is 0.844. The maximum Gasteiger partial charge on any atom is 0.119 e. The number of para-hydroxylation sites is 1. The fourth-order valence-corrected chi connectivity index (χ4v) is 3.28. The summed E-state index contributed by atoms with van der Waals surface area (Å²) in [7, 11) is 0. The van der Waals surface area contributed by atoms with Gasteiger partial charge >= 0.3 is 0 Å². The molecule has 1 aliphatic carbocycles. The molecule has 2 rings (SSSR count). The maximum atomic E-state index is 5.75. The van der Waals surface area contributed by atoms with Crippen LogP contribution in [-0.4, -0.2) is 6.61 Å². The highest BCUT2D eigenvalue weighted by Gasteiger charge is 2.13. The Bertz CT molecular complexity index is 421. The van der Waals surface area contributed by atoms with Crippen LogP contribution < -0.4 is 4.74 Å². The molecule has 0 bridgehead atoms. The van der Waals surface area contributed by atoms with Crippen molar-refractivity contribution in [3.63, 3.8) is 0 Å². The highest BCUT2D eigenvalue weighted by molar-refractivity contribution is 5.20. The Kier molecular flexibility index (Phi) is 8.15. The minimum Gasteiger partial charge on any atom is -0.494 e. The summed E-state index contributed by atoms with van der Waals surface area (Å²) in [6.07, 6.45) is 16.0. The Morgan fingerprint density at radius 2 is 1.91 bits per heavy atom. The Labute approximate surface area is 136 Å². The van der Waals surface area contributed by atoms with Crippen molar-refractivity contribution >= 4 is 0 Å². The summed E-state index contributed by atoms with van der Waals surface area (Å²) in [5.74, 6) is 1.96. The van der Waals surface area contributed by atoms with Gasteiger partial charge in [0.2, 0.25) is 0 Å². The fourth-order valence-electron chi connectivity index (χ4n) is 3.28. The quantitative estimate of drug-likeness (QED) is 0.352. The van der Waals surface area contributed by atoms with Gasteiger partial charge in [0, 0.05) is 0 Å². The Hall–Kier alpha value is -1.24. The molecular weight excluding hydrogens is 268 g/mol. The summed E-state index contributed by atoms with van der Waals surface area (Å²) in [6, 6.07) is 10.1. The van der Waals surface area contributed by atoms with Crippen LogP contribution in [0.15, 0.2) is 42.0 Å². The molecule has 0 saturated carbocycles. The van der Waals surface area contributed by atoms with Crippen molar-refractivity contribution in [2.75, 3.05) is 6.61 Å². The van der Waals surface area contributed by atoms with E-state index in [4.69, 9.17) is 4.74 Å². The minimum atomic E-state index is 0.844. The maximum absolute atomic E-state index is 5.75. The van der Waals surface area contributed by atoms with Crippen LogP contribution in [0.2, 0.25) is 0 Å². The molecule has 1 nitrogen and oxygen atoms in total. The smallest absolute Gasteiger partial charge is 0.119 e. The summed E-state index contributed by atoms with van der Waals surface area (Å²) in [4.78, 5) is 0. The van der Waals surface area contributed by atoms with Gasteiger partial charge in [0.05, 0.1) is 6.61 Å². The number of ether oxygens (including phenoxy) is 1. The van der Waals surface area contributed by atoms with Crippen molar-refractivity contribution in [3.8, 4) is 5.75 Å². The summed E-state index contributed by atoms with van der Waals surface area (Å²) in [6.45, 7) is 3.14. The van der Waals surface area contributed by atoms with Gasteiger partial charge in [-0.1, -0.05) is 62.5 Å². The highest BCUT2D eigenvalue weighted by Crippen LogP contribution is 2.29. The van der Waals surface area contributed by atoms with E-state index in [1.54, 1.807) is 5.57 Å². The second-order valence-corrected chi connectivity index (χ2v) is 6.62. The zero-order chi connectivity index (χ0) is 15.5. The molecule has 1 aromatic rings. The van der Waals surface area contributed by atoms with E-state index in [0.29, 0.717) is 0 Å². The van der Waals surface area contributed by atoms with Gasteiger partial charge in [0.15, 0.2) is 0 Å². The van der Waals surface area contributed by atoms with Crippen LogP contribution in [0.4, 0.5) is 0 Å². The van der Waals surface area contributed by atoms with Crippen LogP contribution in [0.25, 0.3) is 0 Å². The zero-order valence-corrected chi connectivity index (χ0v) is 14.2. The predicted molar refractivity (Wildman–Crippen MR) is 95.4 cm³/mol. The van der Waals surface area contributed by atoms with Gasteiger partial charge in [0.25, 0.3) is 0 Å². The Morgan fingerprint density at radius 3 is 2.64 bits per heavy atom. The van der Waals surface area contributed by atoms with E-state index in [-0.39, 0.29) is 0 Å². The summed E-state index contributed by atoms with van der Waals surface area (Å²) in [5, 5.41) is 0. The first kappa shape index (κ1) is 17.1. The molecule has 0 spiro atoms. The molecule has 22 heavy (non-hydrogen) atoms.